The predicted octanol–water partition coefficient (Wildman–Crippen LogP) is 1.87. The van der Waals surface area contributed by atoms with Crippen molar-refractivity contribution in [3.63, 3.8) is 0 Å². The number of carbonyl (C=O) groups is 2. The molecule has 6 heteroatoms. The number of rotatable bonds is 5. The second-order valence-electron chi connectivity index (χ2n) is 4.08. The summed E-state index contributed by atoms with van der Waals surface area (Å²) >= 11 is 0. The fourth-order valence-electron chi connectivity index (χ4n) is 1.29. The van der Waals surface area contributed by atoms with Gasteiger partial charge in [0.25, 0.3) is 11.8 Å². The van der Waals surface area contributed by atoms with Gasteiger partial charge in [0.2, 0.25) is 0 Å². The zero-order chi connectivity index (χ0) is 15.7. The minimum Gasteiger partial charge on any atom is -0.481 e. The Morgan fingerprint density at radius 1 is 1.19 bits per heavy atom. The topological polar surface area (TPSA) is 67.4 Å². The van der Waals surface area contributed by atoms with Crippen LogP contribution in [0, 0.1) is 5.82 Å². The standard InChI is InChI=1S/C15H17FN2O3/c1-3-4-5-6-14(19)17-18-15(20)11(2)21-13-9-7-12(16)8-10-13/h3-11H,1-2H3,(H,17,19)(H,18,20)/b4-3+,6-5+. The number of carbonyl (C=O) groups excluding carboxylic acids is 2. The maximum atomic E-state index is 12.7. The molecule has 0 aromatic heterocycles. The maximum Gasteiger partial charge on any atom is 0.279 e. The molecule has 0 aliphatic carbocycles. The molecule has 0 aliphatic rings. The van der Waals surface area contributed by atoms with Crippen LogP contribution in [-0.4, -0.2) is 17.9 Å². The number of halogens is 1. The molecule has 0 aliphatic heterocycles. The first-order valence-corrected chi connectivity index (χ1v) is 6.34. The predicted molar refractivity (Wildman–Crippen MR) is 76.7 cm³/mol. The molecule has 0 fully saturated rings. The number of benzene rings is 1. The van der Waals surface area contributed by atoms with Gasteiger partial charge >= 0.3 is 0 Å². The molecule has 112 valence electrons. The molecule has 1 aromatic rings. The first-order valence-electron chi connectivity index (χ1n) is 6.34. The number of hydrogen-bond acceptors (Lipinski definition) is 3. The lowest BCUT2D eigenvalue weighted by Crippen LogP contribution is -2.46. The zero-order valence-electron chi connectivity index (χ0n) is 11.8. The Bertz CT molecular complexity index is 538. The minimum atomic E-state index is -0.838. The van der Waals surface area contributed by atoms with Crippen molar-refractivity contribution in [1.82, 2.24) is 10.9 Å². The summed E-state index contributed by atoms with van der Waals surface area (Å²) in [5, 5.41) is 0. The van der Waals surface area contributed by atoms with Gasteiger partial charge in [-0.1, -0.05) is 18.2 Å². The van der Waals surface area contributed by atoms with Crippen molar-refractivity contribution in [2.75, 3.05) is 0 Å². The van der Waals surface area contributed by atoms with Crippen molar-refractivity contribution >= 4 is 11.8 Å². The van der Waals surface area contributed by atoms with E-state index in [1.165, 1.54) is 37.3 Å². The number of nitrogens with one attached hydrogen (secondary N) is 2. The number of allylic oxidation sites excluding steroid dienone is 3. The quantitative estimate of drug-likeness (QED) is 0.494. The van der Waals surface area contributed by atoms with Crippen LogP contribution in [0.25, 0.3) is 0 Å². The minimum absolute atomic E-state index is 0.360. The highest BCUT2D eigenvalue weighted by Crippen LogP contribution is 2.12. The zero-order valence-corrected chi connectivity index (χ0v) is 11.8. The monoisotopic (exact) mass is 292 g/mol. The van der Waals surface area contributed by atoms with Gasteiger partial charge in [0, 0.05) is 6.08 Å². The largest absolute Gasteiger partial charge is 0.481 e. The van der Waals surface area contributed by atoms with Crippen LogP contribution in [-0.2, 0) is 9.59 Å². The average Bonchev–Trinajstić information content (AvgIpc) is 2.47. The van der Waals surface area contributed by atoms with Crippen molar-refractivity contribution in [3.05, 3.63) is 54.4 Å². The van der Waals surface area contributed by atoms with Crippen molar-refractivity contribution < 1.29 is 18.7 Å². The van der Waals surface area contributed by atoms with E-state index in [0.717, 1.165) is 0 Å². The molecule has 2 amide bonds. The SMILES string of the molecule is C/C=C/C=C/C(=O)NNC(=O)C(C)Oc1ccc(F)cc1. The van der Waals surface area contributed by atoms with E-state index in [2.05, 4.69) is 10.9 Å². The third-order valence-corrected chi connectivity index (χ3v) is 2.36. The first kappa shape index (κ1) is 16.4. The van der Waals surface area contributed by atoms with Gasteiger partial charge in [0.15, 0.2) is 6.10 Å². The molecule has 0 spiro atoms. The van der Waals surface area contributed by atoms with Gasteiger partial charge in [0.05, 0.1) is 0 Å². The molecule has 1 rings (SSSR count). The normalized spacial score (nSPS) is 12.3. The summed E-state index contributed by atoms with van der Waals surface area (Å²) in [6.45, 7) is 3.33. The summed E-state index contributed by atoms with van der Waals surface area (Å²) in [6, 6.07) is 5.29. The Balaban J connectivity index is 2.40. The van der Waals surface area contributed by atoms with E-state index >= 15 is 0 Å². The molecule has 1 atom stereocenters. The van der Waals surface area contributed by atoms with Crippen LogP contribution in [0.2, 0.25) is 0 Å². The maximum absolute atomic E-state index is 12.7. The summed E-state index contributed by atoms with van der Waals surface area (Å²) in [4.78, 5) is 23.0. The number of hydrazine groups is 1. The molecule has 5 nitrogen and oxygen atoms in total. The summed E-state index contributed by atoms with van der Waals surface area (Å²) < 4.78 is 18.0. The summed E-state index contributed by atoms with van der Waals surface area (Å²) in [5.41, 5.74) is 4.45. The third kappa shape index (κ3) is 6.38. The van der Waals surface area contributed by atoms with Gasteiger partial charge < -0.3 is 4.74 Å². The van der Waals surface area contributed by atoms with Gasteiger partial charge in [-0.25, -0.2) is 4.39 Å². The molecule has 2 N–H and O–H groups in total. The van der Waals surface area contributed by atoms with Crippen LogP contribution < -0.4 is 15.6 Å². The van der Waals surface area contributed by atoms with Crippen LogP contribution in [0.4, 0.5) is 4.39 Å². The van der Waals surface area contributed by atoms with Crippen LogP contribution in [0.5, 0.6) is 5.75 Å². The second-order valence-corrected chi connectivity index (χ2v) is 4.08. The Labute approximate surface area is 122 Å². The van der Waals surface area contributed by atoms with E-state index in [-0.39, 0.29) is 5.82 Å². The fraction of sp³-hybridized carbons (Fsp3) is 0.200. The fourth-order valence-corrected chi connectivity index (χ4v) is 1.29. The summed E-state index contributed by atoms with van der Waals surface area (Å²) in [7, 11) is 0. The van der Waals surface area contributed by atoms with E-state index in [1.54, 1.807) is 18.2 Å². The highest BCUT2D eigenvalue weighted by molar-refractivity contribution is 5.90. The van der Waals surface area contributed by atoms with Gasteiger partial charge in [0.1, 0.15) is 11.6 Å². The van der Waals surface area contributed by atoms with Crippen molar-refractivity contribution in [3.8, 4) is 5.75 Å². The van der Waals surface area contributed by atoms with E-state index in [4.69, 9.17) is 4.74 Å². The van der Waals surface area contributed by atoms with Gasteiger partial charge in [-0.2, -0.15) is 0 Å². The lowest BCUT2D eigenvalue weighted by atomic mass is 10.3. The van der Waals surface area contributed by atoms with E-state index in [9.17, 15) is 14.0 Å². The molecule has 0 heterocycles. The van der Waals surface area contributed by atoms with Crippen LogP contribution in [0.15, 0.2) is 48.6 Å². The third-order valence-electron chi connectivity index (χ3n) is 2.36. The van der Waals surface area contributed by atoms with Gasteiger partial charge in [-0.15, -0.1) is 0 Å². The Morgan fingerprint density at radius 3 is 2.48 bits per heavy atom. The van der Waals surface area contributed by atoms with Crippen molar-refractivity contribution in [2.45, 2.75) is 20.0 Å². The summed E-state index contributed by atoms with van der Waals surface area (Å²) in [6.07, 6.45) is 5.42. The van der Waals surface area contributed by atoms with Crippen LogP contribution in [0.3, 0.4) is 0 Å². The molecule has 0 bridgehead atoms. The Hall–Kier alpha value is -2.63. The van der Waals surface area contributed by atoms with Crippen molar-refractivity contribution in [1.29, 1.82) is 0 Å². The highest BCUT2D eigenvalue weighted by atomic mass is 19.1. The number of amides is 2. The van der Waals surface area contributed by atoms with E-state index < -0.39 is 17.9 Å². The second kappa shape index (κ2) is 8.52. The smallest absolute Gasteiger partial charge is 0.279 e. The molecule has 1 unspecified atom stereocenters. The average molecular weight is 292 g/mol. The lowest BCUT2D eigenvalue weighted by Gasteiger charge is -2.14. The molecule has 0 saturated carbocycles. The van der Waals surface area contributed by atoms with Crippen LogP contribution in [0.1, 0.15) is 13.8 Å². The van der Waals surface area contributed by atoms with E-state index in [0.29, 0.717) is 5.75 Å². The van der Waals surface area contributed by atoms with Gasteiger partial charge in [-0.05, 0) is 38.1 Å². The summed E-state index contributed by atoms with van der Waals surface area (Å²) in [5.74, 6) is -1.01. The van der Waals surface area contributed by atoms with Crippen molar-refractivity contribution in [2.24, 2.45) is 0 Å². The molecular weight excluding hydrogens is 275 g/mol. The van der Waals surface area contributed by atoms with Crippen LogP contribution >= 0.6 is 0 Å². The number of ether oxygens (including phenoxy) is 1. The number of hydrogen-bond donors (Lipinski definition) is 2. The van der Waals surface area contributed by atoms with E-state index in [1.807, 2.05) is 6.92 Å². The Morgan fingerprint density at radius 2 is 1.86 bits per heavy atom. The molecule has 21 heavy (non-hydrogen) atoms. The Kier molecular flexibility index (Phi) is 6.67. The highest BCUT2D eigenvalue weighted by Gasteiger charge is 2.14. The molecule has 1 aromatic carbocycles. The molecule has 0 saturated heterocycles. The van der Waals surface area contributed by atoms with Gasteiger partial charge in [-0.3, -0.25) is 20.4 Å². The molecular formula is C15H17FN2O3. The lowest BCUT2D eigenvalue weighted by molar-refractivity contribution is -0.131. The first-order chi connectivity index (χ1) is 10.0. The molecule has 0 radical (unpaired) electrons.